The Morgan fingerprint density at radius 2 is 2.25 bits per heavy atom. The second-order valence-electron chi connectivity index (χ2n) is 3.78. The molecule has 5 heteroatoms. The minimum atomic E-state index is -0.466. The zero-order valence-corrected chi connectivity index (χ0v) is 8.59. The van der Waals surface area contributed by atoms with Gasteiger partial charge in [0.25, 0.3) is 5.69 Å². The Hall–Kier alpha value is -1.91. The third-order valence-corrected chi connectivity index (χ3v) is 2.53. The number of non-ortho nitro benzene ring substituents is 1. The van der Waals surface area contributed by atoms with Crippen LogP contribution in [0, 0.1) is 10.1 Å². The molecule has 1 saturated carbocycles. The minimum Gasteiger partial charge on any atom is -0.490 e. The summed E-state index contributed by atoms with van der Waals surface area (Å²) in [6, 6.07) is 6.02. The van der Waals surface area contributed by atoms with Gasteiger partial charge >= 0.3 is 0 Å². The fourth-order valence-corrected chi connectivity index (χ4v) is 1.74. The maximum atomic E-state index is 11.0. The Balaban J connectivity index is 2.07. The van der Waals surface area contributed by atoms with Crippen LogP contribution in [0.25, 0.3) is 0 Å². The van der Waals surface area contributed by atoms with Gasteiger partial charge in [0, 0.05) is 18.9 Å². The maximum Gasteiger partial charge on any atom is 0.273 e. The standard InChI is InChI=1S/C11H11NO4/c13-9-4-5-11(7-9)16-10-3-1-2-8(6-10)12(14)15/h1-3,6,11H,4-5,7H2. The lowest BCUT2D eigenvalue weighted by Crippen LogP contribution is -2.12. The van der Waals surface area contributed by atoms with Gasteiger partial charge in [0.05, 0.1) is 11.0 Å². The highest BCUT2D eigenvalue weighted by molar-refractivity contribution is 5.81. The van der Waals surface area contributed by atoms with Crippen LogP contribution in [0.3, 0.4) is 0 Å². The number of ketones is 1. The van der Waals surface area contributed by atoms with E-state index in [0.29, 0.717) is 25.0 Å². The van der Waals surface area contributed by atoms with Gasteiger partial charge in [-0.05, 0) is 12.5 Å². The topological polar surface area (TPSA) is 69.4 Å². The van der Waals surface area contributed by atoms with E-state index in [4.69, 9.17) is 4.74 Å². The van der Waals surface area contributed by atoms with Crippen molar-refractivity contribution in [2.45, 2.75) is 25.4 Å². The predicted octanol–water partition coefficient (Wildman–Crippen LogP) is 2.10. The summed E-state index contributed by atoms with van der Waals surface area (Å²) in [4.78, 5) is 21.1. The summed E-state index contributed by atoms with van der Waals surface area (Å²) in [6.07, 6.45) is 1.51. The average molecular weight is 221 g/mol. The van der Waals surface area contributed by atoms with Gasteiger partial charge in [-0.3, -0.25) is 14.9 Å². The largest absolute Gasteiger partial charge is 0.490 e. The predicted molar refractivity (Wildman–Crippen MR) is 56.4 cm³/mol. The highest BCUT2D eigenvalue weighted by Gasteiger charge is 2.23. The molecule has 0 heterocycles. The molecule has 0 amide bonds. The Kier molecular flexibility index (Phi) is 2.85. The molecule has 84 valence electrons. The lowest BCUT2D eigenvalue weighted by Gasteiger charge is -2.11. The highest BCUT2D eigenvalue weighted by atomic mass is 16.6. The molecule has 0 saturated heterocycles. The number of hydrogen-bond donors (Lipinski definition) is 0. The van der Waals surface area contributed by atoms with Gasteiger partial charge < -0.3 is 4.74 Å². The van der Waals surface area contributed by atoms with Gasteiger partial charge in [0.2, 0.25) is 0 Å². The number of nitrogens with zero attached hydrogens (tertiary/aromatic N) is 1. The van der Waals surface area contributed by atoms with Crippen molar-refractivity contribution in [3.8, 4) is 5.75 Å². The Morgan fingerprint density at radius 1 is 1.44 bits per heavy atom. The summed E-state index contributed by atoms with van der Waals surface area (Å²) in [5.41, 5.74) is 0.00169. The van der Waals surface area contributed by atoms with Crippen LogP contribution >= 0.6 is 0 Å². The van der Waals surface area contributed by atoms with Crippen molar-refractivity contribution in [3.63, 3.8) is 0 Å². The molecule has 1 fully saturated rings. The number of rotatable bonds is 3. The second kappa shape index (κ2) is 4.30. The van der Waals surface area contributed by atoms with E-state index in [9.17, 15) is 14.9 Å². The third kappa shape index (κ3) is 2.36. The molecule has 5 nitrogen and oxygen atoms in total. The van der Waals surface area contributed by atoms with E-state index in [1.54, 1.807) is 12.1 Å². The van der Waals surface area contributed by atoms with Crippen molar-refractivity contribution in [3.05, 3.63) is 34.4 Å². The molecule has 16 heavy (non-hydrogen) atoms. The number of carbonyl (C=O) groups is 1. The van der Waals surface area contributed by atoms with Crippen LogP contribution in [0.4, 0.5) is 5.69 Å². The molecule has 0 aliphatic heterocycles. The van der Waals surface area contributed by atoms with Gasteiger partial charge in [-0.25, -0.2) is 0 Å². The van der Waals surface area contributed by atoms with Gasteiger partial charge in [-0.1, -0.05) is 6.07 Å². The van der Waals surface area contributed by atoms with Crippen LogP contribution in [-0.4, -0.2) is 16.8 Å². The number of hydrogen-bond acceptors (Lipinski definition) is 4. The fraction of sp³-hybridized carbons (Fsp3) is 0.364. The number of ether oxygens (including phenoxy) is 1. The molecule has 0 radical (unpaired) electrons. The molecular weight excluding hydrogens is 210 g/mol. The second-order valence-corrected chi connectivity index (χ2v) is 3.78. The van der Waals surface area contributed by atoms with Crippen LogP contribution in [-0.2, 0) is 4.79 Å². The van der Waals surface area contributed by atoms with Crippen molar-refractivity contribution in [1.82, 2.24) is 0 Å². The number of carbonyl (C=O) groups excluding carboxylic acids is 1. The zero-order valence-electron chi connectivity index (χ0n) is 8.59. The maximum absolute atomic E-state index is 11.0. The van der Waals surface area contributed by atoms with Crippen LogP contribution in [0.1, 0.15) is 19.3 Å². The van der Waals surface area contributed by atoms with E-state index in [-0.39, 0.29) is 17.6 Å². The summed E-state index contributed by atoms with van der Waals surface area (Å²) >= 11 is 0. The number of nitro groups is 1. The molecule has 1 aromatic carbocycles. The van der Waals surface area contributed by atoms with Gasteiger partial charge in [-0.2, -0.15) is 0 Å². The van der Waals surface area contributed by atoms with Crippen molar-refractivity contribution in [2.24, 2.45) is 0 Å². The molecule has 1 aromatic rings. The normalized spacial score (nSPS) is 19.8. The minimum absolute atomic E-state index is 0.00169. The van der Waals surface area contributed by atoms with Crippen LogP contribution < -0.4 is 4.74 Å². The third-order valence-electron chi connectivity index (χ3n) is 2.53. The summed E-state index contributed by atoms with van der Waals surface area (Å²) in [7, 11) is 0. The summed E-state index contributed by atoms with van der Waals surface area (Å²) in [6.45, 7) is 0. The van der Waals surface area contributed by atoms with Crippen molar-refractivity contribution >= 4 is 11.5 Å². The van der Waals surface area contributed by atoms with E-state index in [1.165, 1.54) is 12.1 Å². The quantitative estimate of drug-likeness (QED) is 0.578. The molecular formula is C11H11NO4. The zero-order chi connectivity index (χ0) is 11.5. The molecule has 1 unspecified atom stereocenters. The average Bonchev–Trinajstić information content (AvgIpc) is 2.64. The Labute approximate surface area is 92.2 Å². The summed E-state index contributed by atoms with van der Waals surface area (Å²) in [5.74, 6) is 0.643. The van der Waals surface area contributed by atoms with E-state index in [1.807, 2.05) is 0 Å². The summed E-state index contributed by atoms with van der Waals surface area (Å²) in [5, 5.41) is 10.5. The number of benzene rings is 1. The first-order valence-electron chi connectivity index (χ1n) is 5.08. The molecule has 0 bridgehead atoms. The monoisotopic (exact) mass is 221 g/mol. The first-order chi connectivity index (χ1) is 7.65. The molecule has 0 spiro atoms. The van der Waals surface area contributed by atoms with Crippen molar-refractivity contribution in [1.29, 1.82) is 0 Å². The molecule has 0 aromatic heterocycles. The van der Waals surface area contributed by atoms with Crippen molar-refractivity contribution in [2.75, 3.05) is 0 Å². The highest BCUT2D eigenvalue weighted by Crippen LogP contribution is 2.24. The van der Waals surface area contributed by atoms with E-state index in [0.717, 1.165) is 0 Å². The first-order valence-corrected chi connectivity index (χ1v) is 5.08. The van der Waals surface area contributed by atoms with Crippen LogP contribution in [0.5, 0.6) is 5.75 Å². The molecule has 1 atom stereocenters. The number of Topliss-reactive ketones (excluding diaryl/α,β-unsaturated/α-hetero) is 1. The number of nitro benzene ring substituents is 1. The van der Waals surface area contributed by atoms with Gasteiger partial charge in [0.15, 0.2) is 0 Å². The fourth-order valence-electron chi connectivity index (χ4n) is 1.74. The lowest BCUT2D eigenvalue weighted by atomic mass is 10.3. The Bertz CT molecular complexity index is 430. The van der Waals surface area contributed by atoms with Crippen LogP contribution in [0.15, 0.2) is 24.3 Å². The lowest BCUT2D eigenvalue weighted by molar-refractivity contribution is -0.384. The molecule has 1 aliphatic rings. The van der Waals surface area contributed by atoms with E-state index >= 15 is 0 Å². The molecule has 1 aliphatic carbocycles. The van der Waals surface area contributed by atoms with Crippen LogP contribution in [0.2, 0.25) is 0 Å². The molecule has 2 rings (SSSR count). The van der Waals surface area contributed by atoms with Gasteiger partial charge in [0.1, 0.15) is 17.6 Å². The SMILES string of the molecule is O=C1CCC(Oc2cccc([N+](=O)[O-])c2)C1. The van der Waals surface area contributed by atoms with E-state index in [2.05, 4.69) is 0 Å². The molecule has 0 N–H and O–H groups in total. The Morgan fingerprint density at radius 3 is 2.88 bits per heavy atom. The first kappa shape index (κ1) is 10.6. The van der Waals surface area contributed by atoms with E-state index < -0.39 is 4.92 Å². The van der Waals surface area contributed by atoms with Gasteiger partial charge in [-0.15, -0.1) is 0 Å². The summed E-state index contributed by atoms with van der Waals surface area (Å²) < 4.78 is 5.51. The smallest absolute Gasteiger partial charge is 0.273 e. The van der Waals surface area contributed by atoms with Crippen molar-refractivity contribution < 1.29 is 14.5 Å².